The molecular formula is C17H22N2OS. The number of nitrogens with zero attached hydrogens (tertiary/aromatic N) is 1. The molecule has 112 valence electrons. The summed E-state index contributed by atoms with van der Waals surface area (Å²) in [4.78, 5) is 3.78. The predicted molar refractivity (Wildman–Crippen MR) is 88.1 cm³/mol. The van der Waals surface area contributed by atoms with E-state index in [2.05, 4.69) is 46.8 Å². The molecule has 0 spiro atoms. The summed E-state index contributed by atoms with van der Waals surface area (Å²) in [5.74, 6) is 0.469. The van der Waals surface area contributed by atoms with Crippen LogP contribution in [0.2, 0.25) is 0 Å². The molecule has 0 bridgehead atoms. The Labute approximate surface area is 130 Å². The third kappa shape index (κ3) is 2.98. The van der Waals surface area contributed by atoms with E-state index in [1.807, 2.05) is 6.07 Å². The molecule has 1 aliphatic heterocycles. The van der Waals surface area contributed by atoms with Crippen molar-refractivity contribution in [2.75, 3.05) is 26.2 Å². The fraction of sp³-hybridized carbons (Fsp3) is 0.412. The molecule has 1 aromatic carbocycles. The molecule has 1 saturated heterocycles. The average Bonchev–Trinajstić information content (AvgIpc) is 3.04. The molecule has 0 amide bonds. The van der Waals surface area contributed by atoms with Gasteiger partial charge in [0.25, 0.3) is 0 Å². The molecule has 3 rings (SSSR count). The summed E-state index contributed by atoms with van der Waals surface area (Å²) in [7, 11) is 0. The molecular weight excluding hydrogens is 280 g/mol. The van der Waals surface area contributed by atoms with E-state index in [1.54, 1.807) is 11.3 Å². The first-order valence-electron chi connectivity index (χ1n) is 7.60. The highest BCUT2D eigenvalue weighted by molar-refractivity contribution is 7.10. The second-order valence-corrected chi connectivity index (χ2v) is 6.39. The van der Waals surface area contributed by atoms with Crippen LogP contribution >= 0.6 is 11.3 Å². The van der Waals surface area contributed by atoms with Crippen LogP contribution in [0.4, 0.5) is 0 Å². The third-order valence-corrected chi connectivity index (χ3v) is 5.08. The second-order valence-electron chi connectivity index (χ2n) is 5.41. The number of nitrogens with one attached hydrogen (secondary N) is 1. The van der Waals surface area contributed by atoms with E-state index in [-0.39, 0.29) is 6.04 Å². The molecule has 3 nitrogen and oxygen atoms in total. The zero-order chi connectivity index (χ0) is 14.7. The highest BCUT2D eigenvalue weighted by Crippen LogP contribution is 2.38. The summed E-state index contributed by atoms with van der Waals surface area (Å²) < 4.78 is 0. The van der Waals surface area contributed by atoms with Gasteiger partial charge in [0.15, 0.2) is 0 Å². The molecule has 4 heteroatoms. The maximum Gasteiger partial charge on any atom is 0.123 e. The van der Waals surface area contributed by atoms with Crippen LogP contribution in [0, 0.1) is 0 Å². The van der Waals surface area contributed by atoms with Gasteiger partial charge < -0.3 is 10.4 Å². The molecule has 0 radical (unpaired) electrons. The first-order chi connectivity index (χ1) is 10.3. The quantitative estimate of drug-likeness (QED) is 0.911. The standard InChI is InChI=1S/C17H22N2OS/c1-2-13-5-3-6-14(17(13)20)16(15-7-4-12-21-15)19-10-8-18-9-11-19/h3-7,12,16,18,20H,2,8-11H2,1H3/t16-/m0/s1. The average molecular weight is 302 g/mol. The van der Waals surface area contributed by atoms with Crippen molar-refractivity contribution < 1.29 is 5.11 Å². The molecule has 0 unspecified atom stereocenters. The molecule has 1 atom stereocenters. The van der Waals surface area contributed by atoms with Gasteiger partial charge in [0.2, 0.25) is 0 Å². The summed E-state index contributed by atoms with van der Waals surface area (Å²) in [6.45, 7) is 6.13. The van der Waals surface area contributed by atoms with E-state index >= 15 is 0 Å². The first-order valence-corrected chi connectivity index (χ1v) is 8.48. The number of piperazine rings is 1. The molecule has 1 aliphatic rings. The minimum absolute atomic E-state index is 0.165. The molecule has 1 aromatic heterocycles. The van der Waals surface area contributed by atoms with E-state index in [1.165, 1.54) is 4.88 Å². The lowest BCUT2D eigenvalue weighted by Gasteiger charge is -2.35. The van der Waals surface area contributed by atoms with Crippen molar-refractivity contribution in [2.45, 2.75) is 19.4 Å². The Kier molecular flexibility index (Phi) is 4.58. The van der Waals surface area contributed by atoms with Gasteiger partial charge in [-0.2, -0.15) is 0 Å². The molecule has 2 aromatic rings. The maximum absolute atomic E-state index is 10.7. The minimum atomic E-state index is 0.165. The summed E-state index contributed by atoms with van der Waals surface area (Å²) in [6.07, 6.45) is 0.860. The molecule has 2 N–H and O–H groups in total. The number of rotatable bonds is 4. The number of phenols is 1. The van der Waals surface area contributed by atoms with E-state index in [0.29, 0.717) is 5.75 Å². The van der Waals surface area contributed by atoms with Crippen LogP contribution < -0.4 is 5.32 Å². The Morgan fingerprint density at radius 3 is 2.71 bits per heavy atom. The third-order valence-electron chi connectivity index (χ3n) is 4.16. The van der Waals surface area contributed by atoms with Gasteiger partial charge >= 0.3 is 0 Å². The van der Waals surface area contributed by atoms with Crippen molar-refractivity contribution >= 4 is 11.3 Å². The van der Waals surface area contributed by atoms with Gasteiger partial charge in [-0.05, 0) is 23.4 Å². The highest BCUT2D eigenvalue weighted by Gasteiger charge is 2.27. The van der Waals surface area contributed by atoms with E-state index in [9.17, 15) is 5.11 Å². The summed E-state index contributed by atoms with van der Waals surface area (Å²) >= 11 is 1.77. The highest BCUT2D eigenvalue weighted by atomic mass is 32.1. The number of hydrogen-bond donors (Lipinski definition) is 2. The van der Waals surface area contributed by atoms with Crippen molar-refractivity contribution in [1.29, 1.82) is 0 Å². The molecule has 2 heterocycles. The van der Waals surface area contributed by atoms with E-state index in [0.717, 1.165) is 43.7 Å². The number of aryl methyl sites for hydroxylation is 1. The fourth-order valence-corrected chi connectivity index (χ4v) is 3.91. The van der Waals surface area contributed by atoms with Crippen molar-refractivity contribution in [3.05, 3.63) is 51.7 Å². The topological polar surface area (TPSA) is 35.5 Å². The maximum atomic E-state index is 10.7. The van der Waals surface area contributed by atoms with Gasteiger partial charge in [-0.25, -0.2) is 0 Å². The van der Waals surface area contributed by atoms with Gasteiger partial charge in [0.05, 0.1) is 6.04 Å². The number of hydrogen-bond acceptors (Lipinski definition) is 4. The van der Waals surface area contributed by atoms with Crippen molar-refractivity contribution in [1.82, 2.24) is 10.2 Å². The van der Waals surface area contributed by atoms with Gasteiger partial charge in [-0.1, -0.05) is 31.2 Å². The SMILES string of the molecule is CCc1cccc([C@@H](c2cccs2)N2CCNCC2)c1O. The lowest BCUT2D eigenvalue weighted by atomic mass is 9.98. The van der Waals surface area contributed by atoms with Crippen LogP contribution in [-0.2, 0) is 6.42 Å². The number of phenolic OH excluding ortho intramolecular Hbond substituents is 1. The summed E-state index contributed by atoms with van der Waals surface area (Å²) in [5, 5.41) is 16.2. The first kappa shape index (κ1) is 14.6. The molecule has 0 aliphatic carbocycles. The Bertz CT molecular complexity index is 576. The van der Waals surface area contributed by atoms with Gasteiger partial charge in [-0.15, -0.1) is 11.3 Å². The molecule has 0 saturated carbocycles. The van der Waals surface area contributed by atoms with Crippen LogP contribution in [0.1, 0.15) is 29.0 Å². The lowest BCUT2D eigenvalue weighted by molar-refractivity contribution is 0.198. The number of thiophene rings is 1. The molecule has 21 heavy (non-hydrogen) atoms. The van der Waals surface area contributed by atoms with Crippen LogP contribution in [0.15, 0.2) is 35.7 Å². The van der Waals surface area contributed by atoms with E-state index in [4.69, 9.17) is 0 Å². The zero-order valence-corrected chi connectivity index (χ0v) is 13.2. The number of benzene rings is 1. The Hall–Kier alpha value is -1.36. The Balaban J connectivity index is 2.03. The fourth-order valence-electron chi connectivity index (χ4n) is 3.03. The van der Waals surface area contributed by atoms with Crippen molar-refractivity contribution in [3.63, 3.8) is 0 Å². The zero-order valence-electron chi connectivity index (χ0n) is 12.4. The molecule has 1 fully saturated rings. The predicted octanol–water partition coefficient (Wildman–Crippen LogP) is 3.01. The van der Waals surface area contributed by atoms with E-state index < -0.39 is 0 Å². The van der Waals surface area contributed by atoms with Crippen LogP contribution in [0.5, 0.6) is 5.75 Å². The van der Waals surface area contributed by atoms with Gasteiger partial charge in [-0.3, -0.25) is 4.90 Å². The van der Waals surface area contributed by atoms with Crippen LogP contribution in [0.3, 0.4) is 0 Å². The number of aromatic hydroxyl groups is 1. The smallest absolute Gasteiger partial charge is 0.123 e. The number of para-hydroxylation sites is 1. The van der Waals surface area contributed by atoms with Crippen molar-refractivity contribution in [3.8, 4) is 5.75 Å². The Morgan fingerprint density at radius 2 is 2.05 bits per heavy atom. The second kappa shape index (κ2) is 6.60. The largest absolute Gasteiger partial charge is 0.507 e. The Morgan fingerprint density at radius 1 is 1.24 bits per heavy atom. The summed E-state index contributed by atoms with van der Waals surface area (Å²) in [6, 6.07) is 10.6. The van der Waals surface area contributed by atoms with Crippen LogP contribution in [-0.4, -0.2) is 36.2 Å². The normalized spacial score (nSPS) is 17.8. The van der Waals surface area contributed by atoms with Gasteiger partial charge in [0.1, 0.15) is 5.75 Å². The lowest BCUT2D eigenvalue weighted by Crippen LogP contribution is -2.45. The van der Waals surface area contributed by atoms with Gasteiger partial charge in [0, 0.05) is 36.6 Å². The van der Waals surface area contributed by atoms with Crippen molar-refractivity contribution in [2.24, 2.45) is 0 Å². The van der Waals surface area contributed by atoms with Crippen LogP contribution in [0.25, 0.3) is 0 Å². The summed E-state index contributed by atoms with van der Waals surface area (Å²) in [5.41, 5.74) is 2.07. The minimum Gasteiger partial charge on any atom is -0.507 e. The monoisotopic (exact) mass is 302 g/mol.